The molecule has 0 bridgehead atoms. The highest BCUT2D eigenvalue weighted by Crippen LogP contribution is 2.55. The standard InChI is InChI=1S/C40H59N.C14H20.C3H8.3C2H6.CH3I/c1-26-18-16-17-19-36(26)41-28(3)21-31-23-35(40(14,15)38(9,10)11)25-33(30(31)5)22-32-24-34(20-27(2)29(32)4)39(12,13)37(6,7)8;1-4-11(2)13-7-5-6-9-14(13)10-8-12(14)3;1-3-2;4*1-2/h16-21,23-26,36,41H,22H2,1-15H3;5-7,9,12H,4,8,10H2,1-3H3;3H2,1-2H3;3*1-2H3;1H3/b28-21-;13-11+;;;;;. The van der Waals surface area contributed by atoms with Crippen molar-refractivity contribution in [2.24, 2.45) is 28.1 Å². The molecule has 1 nitrogen and oxygen atoms in total. The molecule has 2 heteroatoms. The number of rotatable bonds is 8. The predicted octanol–water partition coefficient (Wildman–Crippen LogP) is 20.7. The van der Waals surface area contributed by atoms with Crippen molar-refractivity contribution >= 4 is 28.7 Å². The van der Waals surface area contributed by atoms with Gasteiger partial charge in [0.15, 0.2) is 0 Å². The van der Waals surface area contributed by atoms with Crippen molar-refractivity contribution in [1.82, 2.24) is 5.32 Å². The van der Waals surface area contributed by atoms with E-state index < -0.39 is 0 Å². The molecule has 3 aliphatic rings. The maximum atomic E-state index is 3.78. The summed E-state index contributed by atoms with van der Waals surface area (Å²) >= 11 is 2.15. The van der Waals surface area contributed by atoms with Crippen LogP contribution in [0, 0.1) is 48.9 Å². The van der Waals surface area contributed by atoms with Crippen molar-refractivity contribution in [2.75, 3.05) is 4.93 Å². The zero-order chi connectivity index (χ0) is 52.0. The minimum atomic E-state index is 0.0197. The summed E-state index contributed by atoms with van der Waals surface area (Å²) in [6.45, 7) is 58.4. The van der Waals surface area contributed by atoms with Crippen LogP contribution in [0.2, 0.25) is 0 Å². The first-order valence-corrected chi connectivity index (χ1v) is 28.4. The van der Waals surface area contributed by atoms with Crippen LogP contribution in [0.1, 0.15) is 229 Å². The van der Waals surface area contributed by atoms with Crippen molar-refractivity contribution in [3.63, 3.8) is 0 Å². The number of nitrogens with one attached hydrogen (secondary N) is 1. The third kappa shape index (κ3) is 17.1. The molecule has 376 valence electrons. The molecule has 1 N–H and O–H groups in total. The topological polar surface area (TPSA) is 12.0 Å². The first-order valence-electron chi connectivity index (χ1n) is 26.3. The van der Waals surface area contributed by atoms with Gasteiger partial charge in [0, 0.05) is 11.1 Å². The van der Waals surface area contributed by atoms with Crippen LogP contribution in [0.4, 0.5) is 0 Å². The molecular formula is C64H108IN. The highest BCUT2D eigenvalue weighted by Gasteiger charge is 2.45. The molecule has 0 amide bonds. The maximum absolute atomic E-state index is 3.78. The Morgan fingerprint density at radius 3 is 1.58 bits per heavy atom. The fourth-order valence-electron chi connectivity index (χ4n) is 8.22. The van der Waals surface area contributed by atoms with Gasteiger partial charge in [-0.25, -0.2) is 0 Å². The summed E-state index contributed by atoms with van der Waals surface area (Å²) in [7, 11) is 0. The third-order valence-electron chi connectivity index (χ3n) is 15.2. The fraction of sp³-hybridized carbons (Fsp3) is 0.625. The molecule has 4 unspecified atom stereocenters. The second kappa shape index (κ2) is 30.1. The molecule has 1 saturated carbocycles. The number of halogens is 1. The van der Waals surface area contributed by atoms with Crippen LogP contribution in [0.15, 0.2) is 89.7 Å². The van der Waals surface area contributed by atoms with Gasteiger partial charge in [0.2, 0.25) is 0 Å². The van der Waals surface area contributed by atoms with Gasteiger partial charge >= 0.3 is 0 Å². The second-order valence-corrected chi connectivity index (χ2v) is 21.4. The molecule has 0 aromatic heterocycles. The van der Waals surface area contributed by atoms with Crippen molar-refractivity contribution in [1.29, 1.82) is 0 Å². The second-order valence-electron chi connectivity index (χ2n) is 21.4. The fourth-order valence-corrected chi connectivity index (χ4v) is 8.22. The van der Waals surface area contributed by atoms with Crippen molar-refractivity contribution < 1.29 is 0 Å². The van der Waals surface area contributed by atoms with Crippen LogP contribution >= 0.6 is 22.6 Å². The van der Waals surface area contributed by atoms with E-state index in [1.807, 2.05) is 46.5 Å². The zero-order valence-electron chi connectivity index (χ0n) is 48.7. The van der Waals surface area contributed by atoms with E-state index in [-0.39, 0.29) is 21.7 Å². The van der Waals surface area contributed by atoms with E-state index >= 15 is 0 Å². The van der Waals surface area contributed by atoms with Crippen LogP contribution in [0.25, 0.3) is 6.08 Å². The average molecular weight is 1020 g/mol. The summed E-state index contributed by atoms with van der Waals surface area (Å²) in [6.07, 6.45) is 26.5. The molecule has 0 saturated heterocycles. The number of aryl methyl sites for hydroxylation is 1. The van der Waals surface area contributed by atoms with Crippen LogP contribution in [0.5, 0.6) is 0 Å². The lowest BCUT2D eigenvalue weighted by Crippen LogP contribution is -2.39. The van der Waals surface area contributed by atoms with Gasteiger partial charge in [-0.2, -0.15) is 0 Å². The molecule has 4 atom stereocenters. The zero-order valence-corrected chi connectivity index (χ0v) is 50.8. The van der Waals surface area contributed by atoms with E-state index in [2.05, 4.69) is 245 Å². The molecular weight excluding hydrogens is 910 g/mol. The summed E-state index contributed by atoms with van der Waals surface area (Å²) in [5, 5.41) is 3.78. The Morgan fingerprint density at radius 1 is 0.682 bits per heavy atom. The Kier molecular flexibility index (Phi) is 29.9. The van der Waals surface area contributed by atoms with Gasteiger partial charge in [0.05, 0.1) is 6.04 Å². The predicted molar refractivity (Wildman–Crippen MR) is 315 cm³/mol. The highest BCUT2D eigenvalue weighted by atomic mass is 127. The Balaban J connectivity index is 0. The number of hydrogen-bond acceptors (Lipinski definition) is 1. The van der Waals surface area contributed by atoms with Gasteiger partial charge < -0.3 is 5.32 Å². The minimum Gasteiger partial charge on any atom is -0.382 e. The van der Waals surface area contributed by atoms with Gasteiger partial charge in [-0.15, -0.1) is 0 Å². The molecule has 0 radical (unpaired) electrons. The van der Waals surface area contributed by atoms with Gasteiger partial charge in [0.1, 0.15) is 0 Å². The summed E-state index contributed by atoms with van der Waals surface area (Å²) in [6, 6.07) is 10.2. The third-order valence-corrected chi connectivity index (χ3v) is 15.2. The van der Waals surface area contributed by atoms with Gasteiger partial charge in [0.25, 0.3) is 0 Å². The van der Waals surface area contributed by atoms with Gasteiger partial charge in [-0.3, -0.25) is 0 Å². The number of benzene rings is 2. The number of hydrogen-bond donors (Lipinski definition) is 1. The summed E-state index contributed by atoms with van der Waals surface area (Å²) in [5.74, 6) is 1.31. The Hall–Kier alpha value is -2.59. The summed E-state index contributed by atoms with van der Waals surface area (Å²) in [4.78, 5) is 1.97. The Labute approximate surface area is 427 Å². The lowest BCUT2D eigenvalue weighted by molar-refractivity contribution is 0.147. The highest BCUT2D eigenvalue weighted by molar-refractivity contribution is 14.1. The molecule has 2 aromatic rings. The SMILES string of the molecule is C/C(=C/c1cc(C(C)(C)C(C)(C)C)cc(Cc2cc(C(C)(C)C(C)(C)C)cc(C)c2C)c1C)NC1C=CC=CC1C.CC.CC.CC.CC/C(C)=C1\C=CC=CC12CCC2C.CCC.CI. The van der Waals surface area contributed by atoms with Crippen molar-refractivity contribution in [2.45, 2.75) is 229 Å². The molecule has 0 aliphatic heterocycles. The van der Waals surface area contributed by atoms with Crippen molar-refractivity contribution in [3.8, 4) is 0 Å². The Morgan fingerprint density at radius 2 is 1.15 bits per heavy atom. The Bertz CT molecular complexity index is 1910. The molecule has 3 aliphatic carbocycles. The van der Waals surface area contributed by atoms with Crippen LogP contribution in [0.3, 0.4) is 0 Å². The smallest absolute Gasteiger partial charge is 0.0504 e. The van der Waals surface area contributed by atoms with E-state index in [9.17, 15) is 0 Å². The number of allylic oxidation sites excluding steroid dienone is 9. The molecule has 66 heavy (non-hydrogen) atoms. The van der Waals surface area contributed by atoms with E-state index in [4.69, 9.17) is 0 Å². The lowest BCUT2D eigenvalue weighted by Gasteiger charge is -2.49. The van der Waals surface area contributed by atoms with E-state index in [1.54, 1.807) is 11.1 Å². The maximum Gasteiger partial charge on any atom is 0.0504 e. The van der Waals surface area contributed by atoms with Crippen LogP contribution < -0.4 is 5.32 Å². The van der Waals surface area contributed by atoms with Gasteiger partial charge in [-0.05, 0) is 155 Å². The average Bonchev–Trinajstić information content (AvgIpc) is 3.28. The van der Waals surface area contributed by atoms with Crippen LogP contribution in [-0.4, -0.2) is 11.0 Å². The summed E-state index contributed by atoms with van der Waals surface area (Å²) in [5.41, 5.74) is 16.4. The van der Waals surface area contributed by atoms with Gasteiger partial charge in [-0.1, -0.05) is 253 Å². The van der Waals surface area contributed by atoms with Crippen LogP contribution in [-0.2, 0) is 17.3 Å². The molecule has 2 aromatic carbocycles. The number of alkyl halides is 1. The minimum absolute atomic E-state index is 0.0197. The molecule has 5 rings (SSSR count). The quantitative estimate of drug-likeness (QED) is 0.205. The summed E-state index contributed by atoms with van der Waals surface area (Å²) < 4.78 is 0. The van der Waals surface area contributed by atoms with Crippen molar-refractivity contribution in [3.05, 3.63) is 134 Å². The van der Waals surface area contributed by atoms with E-state index in [0.717, 1.165) is 12.3 Å². The van der Waals surface area contributed by atoms with E-state index in [1.165, 1.54) is 75.9 Å². The molecule has 0 heterocycles. The lowest BCUT2D eigenvalue weighted by atomic mass is 9.55. The molecule has 1 spiro atoms. The van der Waals surface area contributed by atoms with E-state index in [0.29, 0.717) is 17.4 Å². The molecule has 1 fully saturated rings. The largest absolute Gasteiger partial charge is 0.382 e. The normalized spacial score (nSPS) is 20.4. The monoisotopic (exact) mass is 1020 g/mol. The first kappa shape index (κ1) is 65.5. The first-order chi connectivity index (χ1) is 30.8.